The van der Waals surface area contributed by atoms with Crippen LogP contribution in [0.4, 0.5) is 0 Å². The lowest BCUT2D eigenvalue weighted by atomic mass is 9.98. The largest absolute Gasteiger partial charge is 0.479 e. The molecule has 168 valence electrons. The molecule has 1 fully saturated rings. The third-order valence-corrected chi connectivity index (χ3v) is 7.53. The summed E-state index contributed by atoms with van der Waals surface area (Å²) >= 11 is 12.2. The summed E-state index contributed by atoms with van der Waals surface area (Å²) in [5, 5.41) is 0.628. The molecule has 2 atom stereocenters. The van der Waals surface area contributed by atoms with E-state index in [1.165, 1.54) is 0 Å². The number of carbonyl (C=O) groups is 1. The number of nitrogens with zero attached hydrogens (tertiary/aromatic N) is 1. The van der Waals surface area contributed by atoms with E-state index in [0.717, 1.165) is 18.4 Å². The number of halogens is 2. The maximum Gasteiger partial charge on any atom is 0.263 e. The molecule has 6 nitrogen and oxygen atoms in total. The summed E-state index contributed by atoms with van der Waals surface area (Å²) in [6, 6.07) is 11.7. The second kappa shape index (κ2) is 10.2. The van der Waals surface area contributed by atoms with Gasteiger partial charge in [0.2, 0.25) is 10.0 Å². The van der Waals surface area contributed by atoms with E-state index in [4.69, 9.17) is 27.9 Å². The topological polar surface area (TPSA) is 75.7 Å². The fourth-order valence-corrected chi connectivity index (χ4v) is 4.99. The minimum atomic E-state index is -3.59. The van der Waals surface area contributed by atoms with E-state index in [1.54, 1.807) is 54.3 Å². The Labute approximate surface area is 193 Å². The van der Waals surface area contributed by atoms with Crippen LogP contribution in [0.5, 0.6) is 5.75 Å². The summed E-state index contributed by atoms with van der Waals surface area (Å²) in [5.41, 5.74) is 0.996. The number of sulfonamides is 1. The van der Waals surface area contributed by atoms with Crippen LogP contribution in [0.2, 0.25) is 10.0 Å². The molecular weight excluding hydrogens is 459 g/mol. The lowest BCUT2D eigenvalue weighted by Gasteiger charge is -2.34. The van der Waals surface area contributed by atoms with Crippen molar-refractivity contribution in [2.75, 3.05) is 19.6 Å². The monoisotopic (exact) mass is 484 g/mol. The van der Waals surface area contributed by atoms with Gasteiger partial charge in [-0.05, 0) is 56.9 Å². The highest BCUT2D eigenvalue weighted by atomic mass is 35.5. The first-order valence-corrected chi connectivity index (χ1v) is 12.4. The van der Waals surface area contributed by atoms with Crippen LogP contribution in [0, 0.1) is 12.8 Å². The number of ether oxygens (including phenoxy) is 1. The SMILES string of the molecule is Cc1ccc(S(=O)(=O)NCC2CCCN(C(=O)C(C)Oc3cccc(Cl)c3Cl)C2)cc1. The molecular formula is C22H26Cl2N2O4S. The fraction of sp³-hybridized carbons (Fsp3) is 0.409. The van der Waals surface area contributed by atoms with Crippen LogP contribution in [0.25, 0.3) is 0 Å². The Kier molecular flexibility index (Phi) is 7.86. The zero-order valence-electron chi connectivity index (χ0n) is 17.5. The van der Waals surface area contributed by atoms with Crippen LogP contribution in [-0.2, 0) is 14.8 Å². The maximum absolute atomic E-state index is 12.9. The molecule has 0 radical (unpaired) electrons. The molecule has 2 unspecified atom stereocenters. The number of aryl methyl sites for hydroxylation is 1. The molecule has 9 heteroatoms. The zero-order chi connectivity index (χ0) is 22.6. The van der Waals surface area contributed by atoms with Gasteiger partial charge in [0.25, 0.3) is 5.91 Å². The molecule has 0 saturated carbocycles. The van der Waals surface area contributed by atoms with Gasteiger partial charge in [-0.3, -0.25) is 4.79 Å². The number of likely N-dealkylation sites (tertiary alicyclic amines) is 1. The standard InChI is InChI=1S/C22H26Cl2N2O4S/c1-15-8-10-18(11-9-15)31(28,29)25-13-17-5-4-12-26(14-17)22(27)16(2)30-20-7-3-6-19(23)21(20)24/h3,6-11,16-17,25H,4-5,12-14H2,1-2H3. The second-order valence-corrected chi connectivity index (χ2v) is 10.3. The van der Waals surface area contributed by atoms with Gasteiger partial charge in [0.15, 0.2) is 6.10 Å². The van der Waals surface area contributed by atoms with Crippen molar-refractivity contribution >= 4 is 39.1 Å². The molecule has 1 aliphatic heterocycles. The van der Waals surface area contributed by atoms with E-state index >= 15 is 0 Å². The third-order valence-electron chi connectivity index (χ3n) is 5.29. The van der Waals surface area contributed by atoms with Gasteiger partial charge in [-0.2, -0.15) is 0 Å². The van der Waals surface area contributed by atoms with Crippen molar-refractivity contribution in [3.05, 3.63) is 58.1 Å². The van der Waals surface area contributed by atoms with Crippen LogP contribution in [0.1, 0.15) is 25.3 Å². The zero-order valence-corrected chi connectivity index (χ0v) is 19.8. The normalized spacial score (nSPS) is 17.9. The van der Waals surface area contributed by atoms with E-state index in [1.807, 2.05) is 6.92 Å². The van der Waals surface area contributed by atoms with Crippen molar-refractivity contribution in [1.29, 1.82) is 0 Å². The van der Waals surface area contributed by atoms with Gasteiger partial charge in [0.05, 0.1) is 9.92 Å². The summed E-state index contributed by atoms with van der Waals surface area (Å²) in [5.74, 6) is 0.219. The van der Waals surface area contributed by atoms with Crippen molar-refractivity contribution in [2.45, 2.75) is 37.7 Å². The van der Waals surface area contributed by atoms with Crippen molar-refractivity contribution in [1.82, 2.24) is 9.62 Å². The second-order valence-electron chi connectivity index (χ2n) is 7.77. The minimum Gasteiger partial charge on any atom is -0.479 e. The number of rotatable bonds is 7. The number of hydrogen-bond acceptors (Lipinski definition) is 4. The quantitative estimate of drug-likeness (QED) is 0.635. The molecule has 1 N–H and O–H groups in total. The average Bonchev–Trinajstić information content (AvgIpc) is 2.75. The summed E-state index contributed by atoms with van der Waals surface area (Å²) in [7, 11) is -3.59. The Morgan fingerprint density at radius 3 is 2.65 bits per heavy atom. The molecule has 3 rings (SSSR count). The smallest absolute Gasteiger partial charge is 0.263 e. The summed E-state index contributed by atoms with van der Waals surface area (Å²) in [6.45, 7) is 4.92. The van der Waals surface area contributed by atoms with Crippen molar-refractivity contribution in [3.8, 4) is 5.75 Å². The van der Waals surface area contributed by atoms with Crippen LogP contribution in [0.15, 0.2) is 47.4 Å². The number of piperidine rings is 1. The molecule has 0 aliphatic carbocycles. The van der Waals surface area contributed by atoms with E-state index < -0.39 is 16.1 Å². The van der Waals surface area contributed by atoms with Gasteiger partial charge in [0.1, 0.15) is 10.8 Å². The Morgan fingerprint density at radius 1 is 1.23 bits per heavy atom. The molecule has 2 aromatic rings. The third kappa shape index (κ3) is 6.13. The lowest BCUT2D eigenvalue weighted by molar-refractivity contribution is -0.139. The van der Waals surface area contributed by atoms with Crippen molar-refractivity contribution in [2.24, 2.45) is 5.92 Å². The molecule has 1 heterocycles. The highest BCUT2D eigenvalue weighted by molar-refractivity contribution is 7.89. The molecule has 1 aliphatic rings. The van der Waals surface area contributed by atoms with Gasteiger partial charge in [0, 0.05) is 19.6 Å². The predicted molar refractivity (Wildman–Crippen MR) is 122 cm³/mol. The van der Waals surface area contributed by atoms with Gasteiger partial charge >= 0.3 is 0 Å². The first-order valence-electron chi connectivity index (χ1n) is 10.1. The molecule has 1 saturated heterocycles. The number of hydrogen-bond donors (Lipinski definition) is 1. The van der Waals surface area contributed by atoms with Crippen LogP contribution in [0.3, 0.4) is 0 Å². The molecule has 0 aromatic heterocycles. The Hall–Kier alpha value is -1.80. The molecule has 0 bridgehead atoms. The first-order chi connectivity index (χ1) is 14.7. The molecule has 31 heavy (non-hydrogen) atoms. The van der Waals surface area contributed by atoms with Gasteiger partial charge in [-0.25, -0.2) is 13.1 Å². The van der Waals surface area contributed by atoms with E-state index in [-0.39, 0.29) is 28.3 Å². The molecule has 2 aromatic carbocycles. The van der Waals surface area contributed by atoms with Gasteiger partial charge in [-0.15, -0.1) is 0 Å². The number of nitrogens with one attached hydrogen (secondary N) is 1. The molecule has 1 amide bonds. The highest BCUT2D eigenvalue weighted by Crippen LogP contribution is 2.32. The van der Waals surface area contributed by atoms with Gasteiger partial charge in [-0.1, -0.05) is 47.0 Å². The Morgan fingerprint density at radius 2 is 1.94 bits per heavy atom. The Balaban J connectivity index is 1.57. The summed E-state index contributed by atoms with van der Waals surface area (Å²) in [6.07, 6.45) is 0.905. The van der Waals surface area contributed by atoms with Crippen molar-refractivity contribution in [3.63, 3.8) is 0 Å². The summed E-state index contributed by atoms with van der Waals surface area (Å²) in [4.78, 5) is 14.8. The first kappa shape index (κ1) is 23.9. The number of amides is 1. The maximum atomic E-state index is 12.9. The van der Waals surface area contributed by atoms with Crippen LogP contribution >= 0.6 is 23.2 Å². The number of carbonyl (C=O) groups excluding carboxylic acids is 1. The lowest BCUT2D eigenvalue weighted by Crippen LogP contribution is -2.47. The number of benzene rings is 2. The average molecular weight is 485 g/mol. The molecule has 0 spiro atoms. The van der Waals surface area contributed by atoms with Crippen LogP contribution < -0.4 is 9.46 Å². The van der Waals surface area contributed by atoms with E-state index in [2.05, 4.69) is 4.72 Å². The highest BCUT2D eigenvalue weighted by Gasteiger charge is 2.29. The van der Waals surface area contributed by atoms with E-state index in [0.29, 0.717) is 23.9 Å². The van der Waals surface area contributed by atoms with Crippen molar-refractivity contribution < 1.29 is 17.9 Å². The Bertz CT molecular complexity index is 1030. The fourth-order valence-electron chi connectivity index (χ4n) is 3.53. The predicted octanol–water partition coefficient (Wildman–Crippen LogP) is 4.29. The summed E-state index contributed by atoms with van der Waals surface area (Å²) < 4.78 is 33.5. The minimum absolute atomic E-state index is 0.0277. The van der Waals surface area contributed by atoms with Gasteiger partial charge < -0.3 is 9.64 Å². The van der Waals surface area contributed by atoms with E-state index in [9.17, 15) is 13.2 Å². The van der Waals surface area contributed by atoms with Crippen LogP contribution in [-0.4, -0.2) is 45.0 Å².